The van der Waals surface area contributed by atoms with Crippen molar-refractivity contribution in [1.82, 2.24) is 4.90 Å². The quantitative estimate of drug-likeness (QED) is 0.743. The third kappa shape index (κ3) is 3.64. The lowest BCUT2D eigenvalue weighted by Gasteiger charge is -2.38. The first kappa shape index (κ1) is 16.0. The highest BCUT2D eigenvalue weighted by Gasteiger charge is 2.32. The Morgan fingerprint density at radius 3 is 2.77 bits per heavy atom. The van der Waals surface area contributed by atoms with E-state index in [9.17, 15) is 13.6 Å². The average Bonchev–Trinajstić information content (AvgIpc) is 2.43. The minimum Gasteiger partial charge on any atom is -0.465 e. The van der Waals surface area contributed by atoms with Crippen LogP contribution in [0.25, 0.3) is 0 Å². The van der Waals surface area contributed by atoms with E-state index >= 15 is 0 Å². The predicted molar refractivity (Wildman–Crippen MR) is 79.3 cm³/mol. The van der Waals surface area contributed by atoms with E-state index in [4.69, 9.17) is 5.11 Å². The molecule has 1 aliphatic rings. The van der Waals surface area contributed by atoms with Crippen molar-refractivity contribution in [1.29, 1.82) is 0 Å². The molecule has 5 heteroatoms. The molecule has 0 bridgehead atoms. The van der Waals surface area contributed by atoms with Crippen LogP contribution in [0.15, 0.2) is 29.8 Å². The Kier molecular flexibility index (Phi) is 4.51. The maximum Gasteiger partial charge on any atom is 0.407 e. The zero-order valence-electron chi connectivity index (χ0n) is 12.5. The zero-order chi connectivity index (χ0) is 16.3. The Morgan fingerprint density at radius 2 is 2.14 bits per heavy atom. The standard InChI is InChI=1S/C17H17F2NO2/c1-17(2)11-20(16(21)22)9-8-13(17)5-3-4-12-10-14(18)6-7-15(12)19/h5-7,10H,8-9,11H2,1-2H3,(H,21,22)/b13-5+. The van der Waals surface area contributed by atoms with Crippen molar-refractivity contribution in [3.8, 4) is 11.8 Å². The maximum atomic E-state index is 13.5. The molecule has 0 atom stereocenters. The molecule has 1 aromatic carbocycles. The van der Waals surface area contributed by atoms with Gasteiger partial charge < -0.3 is 10.0 Å². The van der Waals surface area contributed by atoms with Crippen molar-refractivity contribution in [3.63, 3.8) is 0 Å². The van der Waals surface area contributed by atoms with Crippen molar-refractivity contribution in [2.75, 3.05) is 13.1 Å². The molecule has 1 heterocycles. The fraction of sp³-hybridized carbons (Fsp3) is 0.353. The van der Waals surface area contributed by atoms with Gasteiger partial charge in [-0.15, -0.1) is 0 Å². The Bertz CT molecular complexity index is 684. The van der Waals surface area contributed by atoms with E-state index < -0.39 is 17.7 Å². The monoisotopic (exact) mass is 305 g/mol. The largest absolute Gasteiger partial charge is 0.465 e. The normalized spacial score (nSPS) is 18.7. The van der Waals surface area contributed by atoms with Gasteiger partial charge in [0.1, 0.15) is 11.6 Å². The molecule has 3 nitrogen and oxygen atoms in total. The van der Waals surface area contributed by atoms with Crippen molar-refractivity contribution in [3.05, 3.63) is 47.0 Å². The number of allylic oxidation sites excluding steroid dienone is 1. The molecule has 2 rings (SSSR count). The van der Waals surface area contributed by atoms with Crippen molar-refractivity contribution < 1.29 is 18.7 Å². The third-order valence-corrected chi connectivity index (χ3v) is 3.76. The summed E-state index contributed by atoms with van der Waals surface area (Å²) in [5, 5.41) is 9.04. The van der Waals surface area contributed by atoms with Gasteiger partial charge in [0.05, 0.1) is 5.56 Å². The van der Waals surface area contributed by atoms with Gasteiger partial charge in [-0.1, -0.05) is 31.3 Å². The van der Waals surface area contributed by atoms with Crippen LogP contribution in [-0.2, 0) is 0 Å². The highest BCUT2D eigenvalue weighted by atomic mass is 19.1. The van der Waals surface area contributed by atoms with E-state index in [-0.39, 0.29) is 11.0 Å². The van der Waals surface area contributed by atoms with Gasteiger partial charge in [-0.2, -0.15) is 0 Å². The number of hydrogen-bond acceptors (Lipinski definition) is 1. The highest BCUT2D eigenvalue weighted by Crippen LogP contribution is 2.34. The number of halogens is 2. The molecule has 0 unspecified atom stereocenters. The van der Waals surface area contributed by atoms with Crippen LogP contribution < -0.4 is 0 Å². The van der Waals surface area contributed by atoms with E-state index in [0.717, 1.165) is 23.8 Å². The summed E-state index contributed by atoms with van der Waals surface area (Å²) in [6.07, 6.45) is 1.34. The van der Waals surface area contributed by atoms with Gasteiger partial charge >= 0.3 is 6.09 Å². The fourth-order valence-corrected chi connectivity index (χ4v) is 2.48. The van der Waals surface area contributed by atoms with Gasteiger partial charge in [0, 0.05) is 18.5 Å². The number of carboxylic acid groups (broad SMARTS) is 1. The summed E-state index contributed by atoms with van der Waals surface area (Å²) < 4.78 is 26.5. The molecule has 0 spiro atoms. The number of carbonyl (C=O) groups is 1. The van der Waals surface area contributed by atoms with Crippen molar-refractivity contribution >= 4 is 6.09 Å². The molecule has 116 valence electrons. The number of likely N-dealkylation sites (tertiary alicyclic amines) is 1. The molecular weight excluding hydrogens is 288 g/mol. The van der Waals surface area contributed by atoms with Gasteiger partial charge in [-0.3, -0.25) is 0 Å². The average molecular weight is 305 g/mol. The number of rotatable bonds is 0. The summed E-state index contributed by atoms with van der Waals surface area (Å²) in [7, 11) is 0. The fourth-order valence-electron chi connectivity index (χ4n) is 2.48. The van der Waals surface area contributed by atoms with E-state index in [1.807, 2.05) is 13.8 Å². The zero-order valence-corrected chi connectivity index (χ0v) is 12.5. The highest BCUT2D eigenvalue weighted by molar-refractivity contribution is 5.65. The first-order chi connectivity index (χ1) is 10.3. The molecule has 0 aromatic heterocycles. The molecule has 1 aliphatic heterocycles. The second kappa shape index (κ2) is 6.18. The molecule has 1 N–H and O–H groups in total. The summed E-state index contributed by atoms with van der Waals surface area (Å²) in [6.45, 7) is 4.70. The van der Waals surface area contributed by atoms with Crippen LogP contribution in [0.4, 0.5) is 13.6 Å². The van der Waals surface area contributed by atoms with Gasteiger partial charge in [-0.05, 0) is 30.7 Å². The Labute approximate surface area is 128 Å². The smallest absolute Gasteiger partial charge is 0.407 e. The number of nitrogens with zero attached hydrogens (tertiary/aromatic N) is 1. The Hall–Kier alpha value is -2.35. The summed E-state index contributed by atoms with van der Waals surface area (Å²) in [5.74, 6) is 4.26. The van der Waals surface area contributed by atoms with Gasteiger partial charge in [0.2, 0.25) is 0 Å². The summed E-state index contributed by atoms with van der Waals surface area (Å²) in [6, 6.07) is 3.14. The van der Waals surface area contributed by atoms with Gasteiger partial charge in [0.25, 0.3) is 0 Å². The summed E-state index contributed by atoms with van der Waals surface area (Å²) >= 11 is 0. The molecule has 1 amide bonds. The molecular formula is C17H17F2NO2. The minimum atomic E-state index is -0.931. The maximum absolute atomic E-state index is 13.5. The van der Waals surface area contributed by atoms with E-state index in [2.05, 4.69) is 11.8 Å². The number of hydrogen-bond donors (Lipinski definition) is 1. The van der Waals surface area contributed by atoms with Crippen LogP contribution in [0.1, 0.15) is 25.8 Å². The molecule has 22 heavy (non-hydrogen) atoms. The lowest BCUT2D eigenvalue weighted by Crippen LogP contribution is -2.44. The van der Waals surface area contributed by atoms with Crippen LogP contribution in [0.2, 0.25) is 0 Å². The van der Waals surface area contributed by atoms with Crippen LogP contribution in [0, 0.1) is 28.9 Å². The third-order valence-electron chi connectivity index (χ3n) is 3.76. The van der Waals surface area contributed by atoms with E-state index in [1.54, 1.807) is 6.08 Å². The van der Waals surface area contributed by atoms with Crippen LogP contribution >= 0.6 is 0 Å². The lowest BCUT2D eigenvalue weighted by atomic mass is 9.79. The van der Waals surface area contributed by atoms with E-state index in [0.29, 0.717) is 19.5 Å². The van der Waals surface area contributed by atoms with Crippen LogP contribution in [-0.4, -0.2) is 29.2 Å². The number of benzene rings is 1. The van der Waals surface area contributed by atoms with Crippen LogP contribution in [0.3, 0.4) is 0 Å². The number of amides is 1. The molecule has 0 saturated carbocycles. The Balaban J connectivity index is 2.19. The molecule has 1 fully saturated rings. The first-order valence-corrected chi connectivity index (χ1v) is 6.93. The van der Waals surface area contributed by atoms with Gasteiger partial charge in [0.15, 0.2) is 0 Å². The van der Waals surface area contributed by atoms with Crippen molar-refractivity contribution in [2.24, 2.45) is 5.41 Å². The second-order valence-corrected chi connectivity index (χ2v) is 5.90. The topological polar surface area (TPSA) is 40.5 Å². The number of piperidine rings is 1. The summed E-state index contributed by atoms with van der Waals surface area (Å²) in [4.78, 5) is 12.4. The second-order valence-electron chi connectivity index (χ2n) is 5.90. The SMILES string of the molecule is CC1(C)CN(C(=O)O)CC/C1=C\C#Cc1cc(F)ccc1F. The predicted octanol–water partition coefficient (Wildman–Crippen LogP) is 3.65. The van der Waals surface area contributed by atoms with E-state index in [1.165, 1.54) is 4.90 Å². The lowest BCUT2D eigenvalue weighted by molar-refractivity contribution is 0.117. The first-order valence-electron chi connectivity index (χ1n) is 6.93. The van der Waals surface area contributed by atoms with Gasteiger partial charge in [-0.25, -0.2) is 13.6 Å². The molecule has 1 saturated heterocycles. The van der Waals surface area contributed by atoms with Crippen LogP contribution in [0.5, 0.6) is 0 Å². The molecule has 0 aliphatic carbocycles. The van der Waals surface area contributed by atoms with Crippen molar-refractivity contribution in [2.45, 2.75) is 20.3 Å². The molecule has 0 radical (unpaired) electrons. The molecule has 1 aromatic rings. The Morgan fingerprint density at radius 1 is 1.41 bits per heavy atom. The summed E-state index contributed by atoms with van der Waals surface area (Å²) in [5.41, 5.74) is 0.693. The minimum absolute atomic E-state index is 0.0117.